The van der Waals surface area contributed by atoms with Crippen LogP contribution in [0.1, 0.15) is 48.4 Å². The third-order valence-corrected chi connectivity index (χ3v) is 6.85. The van der Waals surface area contributed by atoms with Gasteiger partial charge < -0.3 is 23.7 Å². The fourth-order valence-corrected chi connectivity index (χ4v) is 4.58. The lowest BCUT2D eigenvalue weighted by atomic mass is 9.96. The molecule has 43 heavy (non-hydrogen) atoms. The third-order valence-electron chi connectivity index (χ3n) is 6.85. The minimum Gasteiger partial charge on any atom is -0.459 e. The molecule has 0 aromatic heterocycles. The predicted octanol–water partition coefficient (Wildman–Crippen LogP) is 5.27. The van der Waals surface area contributed by atoms with Gasteiger partial charge in [-0.3, -0.25) is 0 Å². The Morgan fingerprint density at radius 3 is 1.44 bits per heavy atom. The van der Waals surface area contributed by atoms with Gasteiger partial charge in [-0.2, -0.15) is 0 Å². The zero-order valence-electron chi connectivity index (χ0n) is 23.2. The smallest absolute Gasteiger partial charge is 0.340 e. The second-order valence-electron chi connectivity index (χ2n) is 9.87. The Balaban J connectivity index is 1.48. The summed E-state index contributed by atoms with van der Waals surface area (Å²) >= 11 is 0. The van der Waals surface area contributed by atoms with Crippen molar-refractivity contribution in [2.24, 2.45) is 0 Å². The molecule has 4 atom stereocenters. The van der Waals surface area contributed by atoms with Gasteiger partial charge >= 0.3 is 23.9 Å². The highest BCUT2D eigenvalue weighted by molar-refractivity contribution is 5.91. The maximum absolute atomic E-state index is 13.3. The highest BCUT2D eigenvalue weighted by Crippen LogP contribution is 2.39. The topological polar surface area (TPSA) is 114 Å². The number of rotatable bonds is 9. The Morgan fingerprint density at radius 1 is 0.581 bits per heavy atom. The van der Waals surface area contributed by atoms with Crippen molar-refractivity contribution < 1.29 is 42.9 Å². The van der Waals surface area contributed by atoms with Gasteiger partial charge in [0.1, 0.15) is 12.7 Å². The average molecular weight is 581 g/mol. The van der Waals surface area contributed by atoms with Gasteiger partial charge in [0.25, 0.3) is 0 Å². The Bertz CT molecular complexity index is 1560. The summed E-state index contributed by atoms with van der Waals surface area (Å²) in [5.41, 5.74) is -0.901. The monoisotopic (exact) mass is 580 g/mol. The summed E-state index contributed by atoms with van der Waals surface area (Å²) in [7, 11) is 0. The summed E-state index contributed by atoms with van der Waals surface area (Å²) in [5.74, 6) is -2.92. The molecule has 1 fully saturated rings. The Hall–Kier alpha value is -5.28. The number of esters is 4. The summed E-state index contributed by atoms with van der Waals surface area (Å²) in [6.07, 6.45) is -4.07. The number of carbonyl (C=O) groups excluding carboxylic acids is 4. The molecule has 9 nitrogen and oxygen atoms in total. The fourth-order valence-electron chi connectivity index (χ4n) is 4.58. The first kappa shape index (κ1) is 29.2. The minimum atomic E-state index is -1.86. The summed E-state index contributed by atoms with van der Waals surface area (Å²) < 4.78 is 29.1. The summed E-state index contributed by atoms with van der Waals surface area (Å²) in [5, 5.41) is 0. The van der Waals surface area contributed by atoms with Crippen LogP contribution in [0.3, 0.4) is 0 Å². The quantitative estimate of drug-likeness (QED) is 0.193. The molecular weight excluding hydrogens is 552 g/mol. The zero-order chi connectivity index (χ0) is 30.2. The molecule has 5 rings (SSSR count). The van der Waals surface area contributed by atoms with E-state index in [4.69, 9.17) is 23.7 Å². The zero-order valence-corrected chi connectivity index (χ0v) is 23.2. The molecule has 0 amide bonds. The Morgan fingerprint density at radius 2 is 0.977 bits per heavy atom. The molecule has 0 unspecified atom stereocenters. The van der Waals surface area contributed by atoms with Gasteiger partial charge in [0, 0.05) is 0 Å². The van der Waals surface area contributed by atoms with Crippen molar-refractivity contribution in [3.63, 3.8) is 0 Å². The minimum absolute atomic E-state index is 0.212. The number of hydrogen-bond acceptors (Lipinski definition) is 9. The molecule has 0 spiro atoms. The summed E-state index contributed by atoms with van der Waals surface area (Å²) in [6, 6.07) is 32.8. The van der Waals surface area contributed by atoms with Gasteiger partial charge in [0.2, 0.25) is 11.9 Å². The van der Waals surface area contributed by atoms with Crippen LogP contribution in [-0.2, 0) is 23.7 Å². The van der Waals surface area contributed by atoms with Crippen molar-refractivity contribution >= 4 is 23.9 Å². The lowest BCUT2D eigenvalue weighted by Crippen LogP contribution is -2.53. The van der Waals surface area contributed by atoms with Gasteiger partial charge in [0.05, 0.1) is 22.3 Å². The molecule has 0 radical (unpaired) electrons. The van der Waals surface area contributed by atoms with E-state index in [-0.39, 0.29) is 16.7 Å². The van der Waals surface area contributed by atoms with Crippen LogP contribution in [0.25, 0.3) is 0 Å². The molecule has 0 aliphatic carbocycles. The predicted molar refractivity (Wildman–Crippen MR) is 153 cm³/mol. The molecule has 4 aromatic carbocycles. The van der Waals surface area contributed by atoms with E-state index in [0.717, 1.165) is 0 Å². The maximum atomic E-state index is 13.3. The van der Waals surface area contributed by atoms with Crippen LogP contribution in [0.15, 0.2) is 121 Å². The first-order valence-corrected chi connectivity index (χ1v) is 13.5. The fraction of sp³-hybridized carbons (Fsp3) is 0.176. The lowest BCUT2D eigenvalue weighted by molar-refractivity contribution is -0.175. The largest absolute Gasteiger partial charge is 0.459 e. The maximum Gasteiger partial charge on any atom is 0.340 e. The molecular formula is C34H28O9. The van der Waals surface area contributed by atoms with Crippen LogP contribution < -0.4 is 0 Å². The van der Waals surface area contributed by atoms with Crippen molar-refractivity contribution in [2.75, 3.05) is 6.61 Å². The average Bonchev–Trinajstić information content (AvgIpc) is 3.30. The number of hydrogen-bond donors (Lipinski definition) is 0. The van der Waals surface area contributed by atoms with E-state index in [1.165, 1.54) is 6.92 Å². The van der Waals surface area contributed by atoms with E-state index in [2.05, 4.69) is 0 Å². The number of benzene rings is 4. The standard InChI is InChI=1S/C34H28O9/c1-34(43-32(38)26-20-12-5-13-21-26)28(41-30(36)24-16-8-3-9-17-24)27(22-39-29(35)23-14-6-2-7-15-23)40-33(34)42-31(37)25-18-10-4-11-19-25/h2-21,27-28,33H,22H2,1H3/t27-,28-,33-,34-/m0/s1. The van der Waals surface area contributed by atoms with E-state index < -0.39 is 54.6 Å². The molecule has 0 saturated carbocycles. The van der Waals surface area contributed by atoms with Crippen molar-refractivity contribution in [3.8, 4) is 0 Å². The van der Waals surface area contributed by atoms with E-state index in [1.807, 2.05) is 0 Å². The molecule has 1 saturated heterocycles. The lowest BCUT2D eigenvalue weighted by Gasteiger charge is -2.33. The molecule has 1 aliphatic heterocycles. The van der Waals surface area contributed by atoms with Crippen molar-refractivity contribution in [1.29, 1.82) is 0 Å². The second kappa shape index (κ2) is 13.1. The molecule has 1 heterocycles. The second-order valence-corrected chi connectivity index (χ2v) is 9.87. The first-order chi connectivity index (χ1) is 20.8. The molecule has 4 aromatic rings. The molecule has 0 bridgehead atoms. The van der Waals surface area contributed by atoms with Gasteiger partial charge in [-0.1, -0.05) is 72.8 Å². The third kappa shape index (κ3) is 6.79. The van der Waals surface area contributed by atoms with Crippen LogP contribution >= 0.6 is 0 Å². The van der Waals surface area contributed by atoms with Crippen LogP contribution in [0, 0.1) is 0 Å². The van der Waals surface area contributed by atoms with Gasteiger partial charge in [-0.25, -0.2) is 19.2 Å². The van der Waals surface area contributed by atoms with Gasteiger partial charge in [-0.15, -0.1) is 0 Å². The SMILES string of the molecule is C[C@@]1(OC(=O)c2ccccc2)[C@H](OC(=O)c2ccccc2)O[C@@H](COC(=O)c2ccccc2)[C@@H]1OC(=O)c1ccccc1. The van der Waals surface area contributed by atoms with Crippen LogP contribution in [0.5, 0.6) is 0 Å². The molecule has 9 heteroatoms. The summed E-state index contributed by atoms with van der Waals surface area (Å²) in [4.78, 5) is 52.5. The Labute approximate surface area is 247 Å². The normalized spacial score (nSPS) is 20.9. The summed E-state index contributed by atoms with van der Waals surface area (Å²) in [6.45, 7) is 1.04. The molecule has 0 N–H and O–H groups in total. The van der Waals surface area contributed by atoms with E-state index in [0.29, 0.717) is 5.56 Å². The molecule has 1 aliphatic rings. The van der Waals surface area contributed by atoms with Crippen LogP contribution in [-0.4, -0.2) is 54.6 Å². The number of carbonyl (C=O) groups is 4. The van der Waals surface area contributed by atoms with Crippen molar-refractivity contribution in [2.45, 2.75) is 31.0 Å². The van der Waals surface area contributed by atoms with Gasteiger partial charge in [0.15, 0.2) is 6.10 Å². The number of ether oxygens (including phenoxy) is 5. The highest BCUT2D eigenvalue weighted by Gasteiger charge is 2.61. The van der Waals surface area contributed by atoms with E-state index >= 15 is 0 Å². The molecule has 218 valence electrons. The van der Waals surface area contributed by atoms with Crippen molar-refractivity contribution in [3.05, 3.63) is 144 Å². The Kier molecular flexibility index (Phi) is 8.93. The van der Waals surface area contributed by atoms with Crippen LogP contribution in [0.4, 0.5) is 0 Å². The van der Waals surface area contributed by atoms with Gasteiger partial charge in [-0.05, 0) is 55.5 Å². The van der Waals surface area contributed by atoms with E-state index in [9.17, 15) is 19.2 Å². The van der Waals surface area contributed by atoms with Crippen LogP contribution in [0.2, 0.25) is 0 Å². The van der Waals surface area contributed by atoms with Crippen molar-refractivity contribution in [1.82, 2.24) is 0 Å². The first-order valence-electron chi connectivity index (χ1n) is 13.5. The highest BCUT2D eigenvalue weighted by atomic mass is 16.8. The van der Waals surface area contributed by atoms with E-state index in [1.54, 1.807) is 121 Å².